The molecule has 0 saturated heterocycles. The normalized spacial score (nSPS) is 14.1. The standard InChI is InChI=1S/C16H22N2O4S/c1-10(2)15(16(19)22-13(5)9-17)18-23(20,21)14-7-6-11(3)12(4)8-14/h6-8,10,13,15,18H,1-5H3/t13-,15-/m0/s1. The van der Waals surface area contributed by atoms with Crippen LogP contribution in [0.1, 0.15) is 31.9 Å². The Bertz CT molecular complexity index is 720. The lowest BCUT2D eigenvalue weighted by atomic mass is 10.1. The Morgan fingerprint density at radius 1 is 1.22 bits per heavy atom. The summed E-state index contributed by atoms with van der Waals surface area (Å²) in [6.45, 7) is 8.53. The van der Waals surface area contributed by atoms with Crippen molar-refractivity contribution in [3.8, 4) is 6.07 Å². The van der Waals surface area contributed by atoms with Crippen molar-refractivity contribution in [1.29, 1.82) is 5.26 Å². The number of esters is 1. The van der Waals surface area contributed by atoms with E-state index in [0.717, 1.165) is 11.1 Å². The first-order valence-corrected chi connectivity index (χ1v) is 8.76. The van der Waals surface area contributed by atoms with E-state index >= 15 is 0 Å². The van der Waals surface area contributed by atoms with Crippen LogP contribution in [0.4, 0.5) is 0 Å². The summed E-state index contributed by atoms with van der Waals surface area (Å²) in [5, 5.41) is 8.71. The summed E-state index contributed by atoms with van der Waals surface area (Å²) in [7, 11) is -3.87. The van der Waals surface area contributed by atoms with Gasteiger partial charge in [-0.1, -0.05) is 19.9 Å². The van der Waals surface area contributed by atoms with Gasteiger partial charge in [0.15, 0.2) is 6.10 Å². The Morgan fingerprint density at radius 2 is 1.83 bits per heavy atom. The maximum absolute atomic E-state index is 12.5. The first-order valence-electron chi connectivity index (χ1n) is 7.28. The number of sulfonamides is 1. The molecule has 0 aromatic heterocycles. The quantitative estimate of drug-likeness (QED) is 0.801. The van der Waals surface area contributed by atoms with Gasteiger partial charge >= 0.3 is 5.97 Å². The van der Waals surface area contributed by atoms with Gasteiger partial charge < -0.3 is 4.74 Å². The molecule has 0 bridgehead atoms. The zero-order valence-corrected chi connectivity index (χ0v) is 14.8. The van der Waals surface area contributed by atoms with E-state index < -0.39 is 28.1 Å². The molecule has 7 heteroatoms. The summed E-state index contributed by atoms with van der Waals surface area (Å²) >= 11 is 0. The van der Waals surface area contributed by atoms with E-state index in [-0.39, 0.29) is 10.8 Å². The van der Waals surface area contributed by atoms with Gasteiger partial charge in [0.05, 0.1) is 4.90 Å². The molecule has 1 N–H and O–H groups in total. The van der Waals surface area contributed by atoms with Crippen LogP contribution in [-0.2, 0) is 19.6 Å². The summed E-state index contributed by atoms with van der Waals surface area (Å²) in [6.07, 6.45) is -0.935. The minimum atomic E-state index is -3.87. The lowest BCUT2D eigenvalue weighted by molar-refractivity contribution is -0.149. The molecule has 0 aliphatic heterocycles. The predicted molar refractivity (Wildman–Crippen MR) is 86.0 cm³/mol. The van der Waals surface area contributed by atoms with Crippen LogP contribution in [0.15, 0.2) is 23.1 Å². The predicted octanol–water partition coefficient (Wildman–Crippen LogP) is 2.06. The van der Waals surface area contributed by atoms with Gasteiger partial charge in [0.2, 0.25) is 10.0 Å². The van der Waals surface area contributed by atoms with Crippen molar-refractivity contribution in [2.24, 2.45) is 5.92 Å². The summed E-state index contributed by atoms with van der Waals surface area (Å²) < 4.78 is 32.3. The summed E-state index contributed by atoms with van der Waals surface area (Å²) in [6, 6.07) is 5.48. The fraction of sp³-hybridized carbons (Fsp3) is 0.500. The zero-order chi connectivity index (χ0) is 17.8. The second kappa shape index (κ2) is 7.57. The second-order valence-electron chi connectivity index (χ2n) is 5.80. The molecule has 0 heterocycles. The molecule has 126 valence electrons. The van der Waals surface area contributed by atoms with Crippen molar-refractivity contribution >= 4 is 16.0 Å². The molecule has 0 amide bonds. The molecule has 6 nitrogen and oxygen atoms in total. The molecule has 1 aromatic carbocycles. The number of carbonyl (C=O) groups excluding carboxylic acids is 1. The minimum absolute atomic E-state index is 0.0902. The van der Waals surface area contributed by atoms with Gasteiger partial charge in [0.1, 0.15) is 12.1 Å². The van der Waals surface area contributed by atoms with Gasteiger partial charge in [-0.25, -0.2) is 8.42 Å². The summed E-state index contributed by atoms with van der Waals surface area (Å²) in [4.78, 5) is 12.2. The molecule has 1 rings (SSSR count). The topological polar surface area (TPSA) is 96.3 Å². The van der Waals surface area contributed by atoms with Crippen molar-refractivity contribution in [2.75, 3.05) is 0 Å². The van der Waals surface area contributed by atoms with Gasteiger partial charge in [-0.05, 0) is 49.9 Å². The number of hydrogen-bond donors (Lipinski definition) is 1. The molecule has 0 radical (unpaired) electrons. The summed E-state index contributed by atoms with van der Waals surface area (Å²) in [5.74, 6) is -1.09. The zero-order valence-electron chi connectivity index (χ0n) is 14.0. The highest BCUT2D eigenvalue weighted by Crippen LogP contribution is 2.17. The number of nitriles is 1. The van der Waals surface area contributed by atoms with Crippen LogP contribution >= 0.6 is 0 Å². The molecule has 0 saturated carbocycles. The molecule has 0 unspecified atom stereocenters. The van der Waals surface area contributed by atoms with Crippen LogP contribution in [0.3, 0.4) is 0 Å². The van der Waals surface area contributed by atoms with E-state index in [4.69, 9.17) is 10.00 Å². The van der Waals surface area contributed by atoms with E-state index in [0.29, 0.717) is 0 Å². The van der Waals surface area contributed by atoms with Crippen LogP contribution in [0.25, 0.3) is 0 Å². The van der Waals surface area contributed by atoms with Crippen LogP contribution in [0.5, 0.6) is 0 Å². The largest absolute Gasteiger partial charge is 0.446 e. The van der Waals surface area contributed by atoms with Crippen LogP contribution < -0.4 is 4.72 Å². The lowest BCUT2D eigenvalue weighted by Crippen LogP contribution is -2.45. The minimum Gasteiger partial charge on any atom is -0.446 e. The van der Waals surface area contributed by atoms with Crippen LogP contribution in [0.2, 0.25) is 0 Å². The molecule has 0 aliphatic carbocycles. The Morgan fingerprint density at radius 3 is 2.30 bits per heavy atom. The van der Waals surface area contributed by atoms with Crippen molar-refractivity contribution in [2.45, 2.75) is 51.7 Å². The second-order valence-corrected chi connectivity index (χ2v) is 7.51. The van der Waals surface area contributed by atoms with Crippen LogP contribution in [0, 0.1) is 31.1 Å². The number of benzene rings is 1. The third-order valence-corrected chi connectivity index (χ3v) is 4.90. The van der Waals surface area contributed by atoms with E-state index in [2.05, 4.69) is 4.72 Å². The highest BCUT2D eigenvalue weighted by Gasteiger charge is 2.30. The van der Waals surface area contributed by atoms with Crippen molar-refractivity contribution in [1.82, 2.24) is 4.72 Å². The lowest BCUT2D eigenvalue weighted by Gasteiger charge is -2.21. The summed E-state index contributed by atoms with van der Waals surface area (Å²) in [5.41, 5.74) is 1.82. The number of nitrogens with zero attached hydrogens (tertiary/aromatic N) is 1. The number of carbonyl (C=O) groups is 1. The molecule has 23 heavy (non-hydrogen) atoms. The maximum Gasteiger partial charge on any atom is 0.325 e. The van der Waals surface area contributed by atoms with Crippen molar-refractivity contribution in [3.63, 3.8) is 0 Å². The number of rotatable bonds is 6. The molecular weight excluding hydrogens is 316 g/mol. The molecule has 2 atom stereocenters. The van der Waals surface area contributed by atoms with E-state index in [9.17, 15) is 13.2 Å². The van der Waals surface area contributed by atoms with Gasteiger partial charge in [-0.2, -0.15) is 9.98 Å². The third-order valence-electron chi connectivity index (χ3n) is 3.47. The third kappa shape index (κ3) is 5.05. The SMILES string of the molecule is Cc1ccc(S(=O)(=O)N[C@H](C(=O)O[C@@H](C)C#N)C(C)C)cc1C. The molecule has 1 aromatic rings. The average Bonchev–Trinajstić information content (AvgIpc) is 2.46. The maximum atomic E-state index is 12.5. The Labute approximate surface area is 137 Å². The van der Waals surface area contributed by atoms with Gasteiger partial charge in [0.25, 0.3) is 0 Å². The van der Waals surface area contributed by atoms with Crippen molar-refractivity contribution in [3.05, 3.63) is 29.3 Å². The highest BCUT2D eigenvalue weighted by atomic mass is 32.2. The Hall–Kier alpha value is -1.91. The average molecular weight is 338 g/mol. The smallest absolute Gasteiger partial charge is 0.325 e. The van der Waals surface area contributed by atoms with E-state index in [1.54, 1.807) is 32.0 Å². The number of hydrogen-bond acceptors (Lipinski definition) is 5. The molecule has 0 spiro atoms. The van der Waals surface area contributed by atoms with Gasteiger partial charge in [0, 0.05) is 0 Å². The van der Waals surface area contributed by atoms with Gasteiger partial charge in [-0.3, -0.25) is 4.79 Å². The molecular formula is C16H22N2O4S. The molecule has 0 fully saturated rings. The number of ether oxygens (including phenoxy) is 1. The number of aryl methyl sites for hydroxylation is 2. The molecule has 0 aliphatic rings. The van der Waals surface area contributed by atoms with Crippen molar-refractivity contribution < 1.29 is 17.9 Å². The Balaban J connectivity index is 3.05. The Kier molecular flexibility index (Phi) is 6.30. The van der Waals surface area contributed by atoms with E-state index in [1.807, 2.05) is 13.8 Å². The fourth-order valence-corrected chi connectivity index (χ4v) is 3.26. The highest BCUT2D eigenvalue weighted by molar-refractivity contribution is 7.89. The van der Waals surface area contributed by atoms with Crippen LogP contribution in [-0.4, -0.2) is 26.5 Å². The first-order chi connectivity index (χ1) is 10.6. The van der Waals surface area contributed by atoms with E-state index in [1.165, 1.54) is 13.0 Å². The number of nitrogens with one attached hydrogen (secondary N) is 1. The van der Waals surface area contributed by atoms with Gasteiger partial charge in [-0.15, -0.1) is 0 Å². The first kappa shape index (κ1) is 19.1. The monoisotopic (exact) mass is 338 g/mol. The fourth-order valence-electron chi connectivity index (χ4n) is 1.85.